The second-order valence-corrected chi connectivity index (χ2v) is 5.35. The standard InChI is InChI=1S/C14H21ClFN3O/c1-10(17-7-4-8-19(2)3)14(20)18-13-6-5-11(16)9-12(13)15/h5-6,9-10,17H,4,7-8H2,1-3H3,(H,18,20). The number of amides is 1. The van der Waals surface area contributed by atoms with E-state index in [0.29, 0.717) is 5.69 Å². The van der Waals surface area contributed by atoms with Crippen LogP contribution in [0.2, 0.25) is 5.02 Å². The molecule has 0 saturated carbocycles. The average molecular weight is 302 g/mol. The molecular weight excluding hydrogens is 281 g/mol. The summed E-state index contributed by atoms with van der Waals surface area (Å²) >= 11 is 5.86. The van der Waals surface area contributed by atoms with E-state index in [4.69, 9.17) is 11.6 Å². The van der Waals surface area contributed by atoms with E-state index in [9.17, 15) is 9.18 Å². The molecule has 112 valence electrons. The highest BCUT2D eigenvalue weighted by Gasteiger charge is 2.13. The third kappa shape index (κ3) is 5.86. The van der Waals surface area contributed by atoms with Gasteiger partial charge in [-0.2, -0.15) is 0 Å². The molecule has 0 heterocycles. The molecule has 0 aliphatic rings. The highest BCUT2D eigenvalue weighted by atomic mass is 35.5. The van der Waals surface area contributed by atoms with Crippen LogP contribution in [0.3, 0.4) is 0 Å². The van der Waals surface area contributed by atoms with Gasteiger partial charge in [0.1, 0.15) is 5.82 Å². The lowest BCUT2D eigenvalue weighted by Gasteiger charge is -2.15. The van der Waals surface area contributed by atoms with E-state index in [1.807, 2.05) is 14.1 Å². The SMILES string of the molecule is CC(NCCCN(C)C)C(=O)Nc1ccc(F)cc1Cl. The van der Waals surface area contributed by atoms with Gasteiger partial charge in [0.2, 0.25) is 5.91 Å². The molecule has 0 spiro atoms. The topological polar surface area (TPSA) is 44.4 Å². The first-order valence-corrected chi connectivity index (χ1v) is 6.92. The van der Waals surface area contributed by atoms with E-state index in [-0.39, 0.29) is 17.0 Å². The zero-order valence-electron chi connectivity index (χ0n) is 12.0. The lowest BCUT2D eigenvalue weighted by molar-refractivity contribution is -0.117. The minimum Gasteiger partial charge on any atom is -0.323 e. The second-order valence-electron chi connectivity index (χ2n) is 4.95. The Morgan fingerprint density at radius 3 is 2.75 bits per heavy atom. The summed E-state index contributed by atoms with van der Waals surface area (Å²) in [6.45, 7) is 3.50. The molecule has 0 aromatic heterocycles. The molecular formula is C14H21ClFN3O. The number of benzene rings is 1. The first-order chi connectivity index (χ1) is 9.40. The van der Waals surface area contributed by atoms with Crippen molar-refractivity contribution in [2.75, 3.05) is 32.5 Å². The number of nitrogens with zero attached hydrogens (tertiary/aromatic N) is 1. The Kier molecular flexibility index (Phi) is 6.91. The van der Waals surface area contributed by atoms with Gasteiger partial charge in [-0.05, 0) is 58.7 Å². The summed E-state index contributed by atoms with van der Waals surface area (Å²) in [4.78, 5) is 14.0. The predicted octanol–water partition coefficient (Wildman–Crippen LogP) is 2.35. The second kappa shape index (κ2) is 8.19. The van der Waals surface area contributed by atoms with Gasteiger partial charge in [0, 0.05) is 0 Å². The van der Waals surface area contributed by atoms with E-state index in [2.05, 4.69) is 15.5 Å². The summed E-state index contributed by atoms with van der Waals surface area (Å²) in [6.07, 6.45) is 0.960. The van der Waals surface area contributed by atoms with Crippen LogP contribution in [0.15, 0.2) is 18.2 Å². The van der Waals surface area contributed by atoms with Crippen LogP contribution in [0, 0.1) is 5.82 Å². The molecule has 2 N–H and O–H groups in total. The Balaban J connectivity index is 2.41. The molecule has 0 fully saturated rings. The third-order valence-corrected chi connectivity index (χ3v) is 3.13. The van der Waals surface area contributed by atoms with Gasteiger partial charge in [0.25, 0.3) is 0 Å². The van der Waals surface area contributed by atoms with E-state index in [1.54, 1.807) is 6.92 Å². The van der Waals surface area contributed by atoms with Crippen molar-refractivity contribution in [3.63, 3.8) is 0 Å². The molecule has 1 atom stereocenters. The van der Waals surface area contributed by atoms with Crippen molar-refractivity contribution in [2.24, 2.45) is 0 Å². The Bertz CT molecular complexity index is 454. The Labute approximate surface area is 124 Å². The van der Waals surface area contributed by atoms with Crippen LogP contribution in [0.1, 0.15) is 13.3 Å². The quantitative estimate of drug-likeness (QED) is 0.760. The molecule has 0 bridgehead atoms. The van der Waals surface area contributed by atoms with Crippen LogP contribution in [0.4, 0.5) is 10.1 Å². The molecule has 0 aliphatic carbocycles. The minimum atomic E-state index is -0.428. The summed E-state index contributed by atoms with van der Waals surface area (Å²) in [5.74, 6) is -0.619. The first-order valence-electron chi connectivity index (χ1n) is 6.54. The molecule has 1 amide bonds. The van der Waals surface area contributed by atoms with Gasteiger partial charge in [-0.25, -0.2) is 4.39 Å². The van der Waals surface area contributed by atoms with E-state index in [0.717, 1.165) is 19.5 Å². The van der Waals surface area contributed by atoms with Gasteiger partial charge in [-0.3, -0.25) is 4.79 Å². The number of rotatable bonds is 7. The lowest BCUT2D eigenvalue weighted by atomic mass is 10.2. The summed E-state index contributed by atoms with van der Waals surface area (Å²) in [7, 11) is 4.01. The molecule has 0 radical (unpaired) electrons. The van der Waals surface area contributed by atoms with Gasteiger partial charge < -0.3 is 15.5 Å². The van der Waals surface area contributed by atoms with Crippen molar-refractivity contribution in [3.05, 3.63) is 29.0 Å². The van der Waals surface area contributed by atoms with Crippen molar-refractivity contribution in [1.82, 2.24) is 10.2 Å². The average Bonchev–Trinajstić information content (AvgIpc) is 2.37. The fourth-order valence-electron chi connectivity index (χ4n) is 1.64. The molecule has 1 rings (SSSR count). The molecule has 20 heavy (non-hydrogen) atoms. The summed E-state index contributed by atoms with van der Waals surface area (Å²) in [5.41, 5.74) is 0.417. The van der Waals surface area contributed by atoms with E-state index in [1.165, 1.54) is 18.2 Å². The number of hydrogen-bond donors (Lipinski definition) is 2. The van der Waals surface area contributed by atoms with Gasteiger partial charge in [-0.15, -0.1) is 0 Å². The molecule has 6 heteroatoms. The molecule has 1 unspecified atom stereocenters. The molecule has 1 aromatic carbocycles. The van der Waals surface area contributed by atoms with Gasteiger partial charge in [-0.1, -0.05) is 11.6 Å². The normalized spacial score (nSPS) is 12.5. The van der Waals surface area contributed by atoms with Gasteiger partial charge in [0.05, 0.1) is 16.8 Å². The number of anilines is 1. The molecule has 4 nitrogen and oxygen atoms in total. The van der Waals surface area contributed by atoms with Crippen LogP contribution < -0.4 is 10.6 Å². The zero-order chi connectivity index (χ0) is 15.1. The predicted molar refractivity (Wildman–Crippen MR) is 80.7 cm³/mol. The largest absolute Gasteiger partial charge is 0.323 e. The van der Waals surface area contributed by atoms with Gasteiger partial charge >= 0.3 is 0 Å². The van der Waals surface area contributed by atoms with Crippen molar-refractivity contribution < 1.29 is 9.18 Å². The van der Waals surface area contributed by atoms with Gasteiger partial charge in [0.15, 0.2) is 0 Å². The summed E-state index contributed by atoms with van der Waals surface area (Å²) in [5, 5.41) is 6.00. The van der Waals surface area contributed by atoms with Crippen molar-refractivity contribution >= 4 is 23.2 Å². The molecule has 0 saturated heterocycles. The molecule has 0 aliphatic heterocycles. The van der Waals surface area contributed by atoms with Crippen LogP contribution >= 0.6 is 11.6 Å². The number of nitrogens with one attached hydrogen (secondary N) is 2. The maximum atomic E-state index is 12.9. The Hall–Kier alpha value is -1.17. The van der Waals surface area contributed by atoms with Crippen molar-refractivity contribution in [1.29, 1.82) is 0 Å². The number of carbonyl (C=O) groups excluding carboxylic acids is 1. The van der Waals surface area contributed by atoms with Crippen LogP contribution in [0.25, 0.3) is 0 Å². The zero-order valence-corrected chi connectivity index (χ0v) is 12.8. The minimum absolute atomic E-state index is 0.191. The van der Waals surface area contributed by atoms with Crippen molar-refractivity contribution in [3.8, 4) is 0 Å². The maximum absolute atomic E-state index is 12.9. The Morgan fingerprint density at radius 1 is 1.45 bits per heavy atom. The van der Waals surface area contributed by atoms with E-state index < -0.39 is 5.82 Å². The number of carbonyl (C=O) groups is 1. The highest BCUT2D eigenvalue weighted by molar-refractivity contribution is 6.33. The monoisotopic (exact) mass is 301 g/mol. The fraction of sp³-hybridized carbons (Fsp3) is 0.500. The van der Waals surface area contributed by atoms with E-state index >= 15 is 0 Å². The molecule has 1 aromatic rings. The fourth-order valence-corrected chi connectivity index (χ4v) is 1.85. The van der Waals surface area contributed by atoms with Crippen LogP contribution in [0.5, 0.6) is 0 Å². The number of halogens is 2. The van der Waals surface area contributed by atoms with Crippen LogP contribution in [-0.4, -0.2) is 44.0 Å². The third-order valence-electron chi connectivity index (χ3n) is 2.81. The van der Waals surface area contributed by atoms with Crippen LogP contribution in [-0.2, 0) is 4.79 Å². The maximum Gasteiger partial charge on any atom is 0.241 e. The summed E-state index contributed by atoms with van der Waals surface area (Å²) in [6, 6.07) is 3.55. The lowest BCUT2D eigenvalue weighted by Crippen LogP contribution is -2.39. The highest BCUT2D eigenvalue weighted by Crippen LogP contribution is 2.22. The first kappa shape index (κ1) is 16.9. The summed E-state index contributed by atoms with van der Waals surface area (Å²) < 4.78 is 12.9. The Morgan fingerprint density at radius 2 is 2.15 bits per heavy atom. The van der Waals surface area contributed by atoms with Crippen molar-refractivity contribution in [2.45, 2.75) is 19.4 Å². The number of hydrogen-bond acceptors (Lipinski definition) is 3. The smallest absolute Gasteiger partial charge is 0.241 e.